The number of carboxylic acid groups (broad SMARTS) is 1. The topological polar surface area (TPSA) is 78.9 Å². The average Bonchev–Trinajstić information content (AvgIpc) is 2.55. The fraction of sp³-hybridized carbons (Fsp3) is 0.846. The van der Waals surface area contributed by atoms with E-state index >= 15 is 0 Å². The summed E-state index contributed by atoms with van der Waals surface area (Å²) in [5.74, 6) is -0.157. The van der Waals surface area contributed by atoms with Crippen LogP contribution in [0.3, 0.4) is 0 Å². The van der Waals surface area contributed by atoms with Crippen LogP contribution in [0.5, 0.6) is 0 Å². The van der Waals surface area contributed by atoms with E-state index in [4.69, 9.17) is 9.84 Å². The summed E-state index contributed by atoms with van der Waals surface area (Å²) in [4.78, 5) is 24.9. The molecule has 2 N–H and O–H groups in total. The monoisotopic (exact) mass is 304 g/mol. The molecular formula is C13H24N2O4S. The molecule has 1 rings (SSSR count). The first-order chi connectivity index (χ1) is 9.35. The van der Waals surface area contributed by atoms with Crippen molar-refractivity contribution in [2.45, 2.75) is 37.5 Å². The van der Waals surface area contributed by atoms with Gasteiger partial charge in [-0.3, -0.25) is 0 Å². The minimum atomic E-state index is -1.03. The fourth-order valence-corrected chi connectivity index (χ4v) is 3.06. The van der Waals surface area contributed by atoms with Gasteiger partial charge >= 0.3 is 12.0 Å². The predicted molar refractivity (Wildman–Crippen MR) is 79.2 cm³/mol. The molecule has 1 heterocycles. The van der Waals surface area contributed by atoms with E-state index < -0.39 is 12.0 Å². The number of thioether (sulfide) groups is 1. The van der Waals surface area contributed by atoms with Crippen molar-refractivity contribution in [1.29, 1.82) is 0 Å². The lowest BCUT2D eigenvalue weighted by Crippen LogP contribution is -2.49. The molecule has 0 bridgehead atoms. The Bertz CT molecular complexity index is 349. The largest absolute Gasteiger partial charge is 0.480 e. The Labute approximate surface area is 124 Å². The minimum Gasteiger partial charge on any atom is -0.480 e. The van der Waals surface area contributed by atoms with Gasteiger partial charge < -0.3 is 20.1 Å². The maximum absolute atomic E-state index is 12.1. The highest BCUT2D eigenvalue weighted by atomic mass is 32.2. The third-order valence-corrected chi connectivity index (χ3v) is 4.70. The Kier molecular flexibility index (Phi) is 6.61. The van der Waals surface area contributed by atoms with Gasteiger partial charge in [0, 0.05) is 43.7 Å². The Hall–Kier alpha value is -0.950. The Morgan fingerprint density at radius 2 is 2.15 bits per heavy atom. The van der Waals surface area contributed by atoms with E-state index in [-0.39, 0.29) is 17.2 Å². The van der Waals surface area contributed by atoms with E-state index in [1.54, 1.807) is 4.90 Å². The number of amides is 2. The van der Waals surface area contributed by atoms with Gasteiger partial charge in [0.05, 0.1) is 0 Å². The second kappa shape index (κ2) is 7.73. The van der Waals surface area contributed by atoms with Gasteiger partial charge in [0.15, 0.2) is 0 Å². The number of rotatable bonds is 5. The summed E-state index contributed by atoms with van der Waals surface area (Å²) in [5, 5.41) is 11.7. The summed E-state index contributed by atoms with van der Waals surface area (Å²) in [6.45, 7) is 5.94. The number of nitrogens with zero attached hydrogens (tertiary/aromatic N) is 1. The fourth-order valence-electron chi connectivity index (χ4n) is 1.96. The van der Waals surface area contributed by atoms with Crippen molar-refractivity contribution in [3.8, 4) is 0 Å². The van der Waals surface area contributed by atoms with Crippen LogP contribution >= 0.6 is 11.8 Å². The van der Waals surface area contributed by atoms with Crippen LogP contribution in [0.1, 0.15) is 26.7 Å². The van der Waals surface area contributed by atoms with E-state index in [1.807, 2.05) is 11.8 Å². The lowest BCUT2D eigenvalue weighted by molar-refractivity contribution is -0.139. The summed E-state index contributed by atoms with van der Waals surface area (Å²) >= 11 is 1.84. The summed E-state index contributed by atoms with van der Waals surface area (Å²) in [5.41, 5.74) is 0. The first-order valence-electron chi connectivity index (χ1n) is 6.77. The van der Waals surface area contributed by atoms with Crippen LogP contribution in [-0.2, 0) is 9.53 Å². The standard InChI is InChI=1S/C13H24N2O4S/c1-13(2)5-6-15(7-9-20-13)12(18)14-10(11(16)17)4-8-19-3/h10H,4-9H2,1-3H3,(H,14,18)(H,16,17). The third-order valence-electron chi connectivity index (χ3n) is 3.33. The molecular weight excluding hydrogens is 280 g/mol. The van der Waals surface area contributed by atoms with Gasteiger partial charge in [-0.05, 0) is 6.42 Å². The van der Waals surface area contributed by atoms with E-state index in [0.29, 0.717) is 19.7 Å². The van der Waals surface area contributed by atoms with Crippen molar-refractivity contribution in [1.82, 2.24) is 10.2 Å². The Balaban J connectivity index is 2.53. The molecule has 0 saturated carbocycles. The molecule has 1 unspecified atom stereocenters. The van der Waals surface area contributed by atoms with E-state index in [0.717, 1.165) is 12.2 Å². The Morgan fingerprint density at radius 1 is 1.45 bits per heavy atom. The number of urea groups is 1. The average molecular weight is 304 g/mol. The molecule has 20 heavy (non-hydrogen) atoms. The number of carbonyl (C=O) groups excluding carboxylic acids is 1. The molecule has 116 valence electrons. The lowest BCUT2D eigenvalue weighted by atomic mass is 10.1. The van der Waals surface area contributed by atoms with Gasteiger partial charge in [-0.15, -0.1) is 0 Å². The Morgan fingerprint density at radius 3 is 2.75 bits per heavy atom. The van der Waals surface area contributed by atoms with Crippen molar-refractivity contribution in [3.05, 3.63) is 0 Å². The van der Waals surface area contributed by atoms with Crippen molar-refractivity contribution >= 4 is 23.8 Å². The van der Waals surface area contributed by atoms with E-state index in [1.165, 1.54) is 7.11 Å². The summed E-state index contributed by atoms with van der Waals surface area (Å²) in [6, 6.07) is -1.20. The van der Waals surface area contributed by atoms with Gasteiger partial charge in [-0.2, -0.15) is 11.8 Å². The molecule has 0 aromatic heterocycles. The number of hydrogen-bond acceptors (Lipinski definition) is 4. The summed E-state index contributed by atoms with van der Waals surface area (Å²) in [6.07, 6.45) is 1.17. The zero-order chi connectivity index (χ0) is 15.2. The molecule has 1 saturated heterocycles. The molecule has 0 aromatic carbocycles. The third kappa shape index (κ3) is 5.58. The minimum absolute atomic E-state index is 0.164. The molecule has 0 radical (unpaired) electrons. The number of ether oxygens (including phenoxy) is 1. The molecule has 7 heteroatoms. The van der Waals surface area contributed by atoms with Gasteiger partial charge in [0.1, 0.15) is 6.04 Å². The number of hydrogen-bond donors (Lipinski definition) is 2. The molecule has 0 spiro atoms. The molecule has 1 fully saturated rings. The SMILES string of the molecule is COCCC(NC(=O)N1CCSC(C)(C)CC1)C(=O)O. The lowest BCUT2D eigenvalue weighted by Gasteiger charge is -2.24. The first kappa shape index (κ1) is 17.1. The zero-order valence-corrected chi connectivity index (χ0v) is 13.2. The molecule has 6 nitrogen and oxygen atoms in total. The van der Waals surface area contributed by atoms with Crippen molar-refractivity contribution in [2.75, 3.05) is 32.6 Å². The van der Waals surface area contributed by atoms with Crippen LogP contribution in [0.15, 0.2) is 0 Å². The van der Waals surface area contributed by atoms with Gasteiger partial charge in [0.2, 0.25) is 0 Å². The van der Waals surface area contributed by atoms with Gasteiger partial charge in [-0.25, -0.2) is 9.59 Å². The molecule has 0 aliphatic carbocycles. The highest BCUT2D eigenvalue weighted by Crippen LogP contribution is 2.30. The highest BCUT2D eigenvalue weighted by Gasteiger charge is 2.28. The number of carbonyl (C=O) groups is 2. The van der Waals surface area contributed by atoms with Crippen LogP contribution in [0.2, 0.25) is 0 Å². The van der Waals surface area contributed by atoms with Gasteiger partial charge in [0.25, 0.3) is 0 Å². The van der Waals surface area contributed by atoms with Crippen molar-refractivity contribution in [3.63, 3.8) is 0 Å². The first-order valence-corrected chi connectivity index (χ1v) is 7.75. The number of aliphatic carboxylic acids is 1. The molecule has 0 aromatic rings. The van der Waals surface area contributed by atoms with E-state index in [9.17, 15) is 9.59 Å². The predicted octanol–water partition coefficient (Wildman–Crippen LogP) is 1.40. The number of methoxy groups -OCH3 is 1. The molecule has 1 aliphatic heterocycles. The number of carboxylic acids is 1. The zero-order valence-electron chi connectivity index (χ0n) is 12.3. The quantitative estimate of drug-likeness (QED) is 0.803. The second-order valence-corrected chi connectivity index (χ2v) is 7.27. The van der Waals surface area contributed by atoms with Crippen molar-refractivity contribution < 1.29 is 19.4 Å². The van der Waals surface area contributed by atoms with Crippen molar-refractivity contribution in [2.24, 2.45) is 0 Å². The maximum atomic E-state index is 12.1. The van der Waals surface area contributed by atoms with Crippen LogP contribution in [0, 0.1) is 0 Å². The highest BCUT2D eigenvalue weighted by molar-refractivity contribution is 8.00. The van der Waals surface area contributed by atoms with E-state index in [2.05, 4.69) is 19.2 Å². The smallest absolute Gasteiger partial charge is 0.326 e. The van der Waals surface area contributed by atoms with Crippen LogP contribution in [0.4, 0.5) is 4.79 Å². The molecule has 2 amide bonds. The maximum Gasteiger partial charge on any atom is 0.326 e. The molecule has 1 atom stereocenters. The number of nitrogens with one attached hydrogen (secondary N) is 1. The summed E-state index contributed by atoms with van der Waals surface area (Å²) in [7, 11) is 1.51. The van der Waals surface area contributed by atoms with Crippen LogP contribution in [-0.4, -0.2) is 65.4 Å². The van der Waals surface area contributed by atoms with Crippen LogP contribution in [0.25, 0.3) is 0 Å². The molecule has 1 aliphatic rings. The normalized spacial score (nSPS) is 20.1. The second-order valence-electron chi connectivity index (χ2n) is 5.47. The summed E-state index contributed by atoms with van der Waals surface area (Å²) < 4.78 is 5.03. The van der Waals surface area contributed by atoms with Crippen LogP contribution < -0.4 is 5.32 Å². The van der Waals surface area contributed by atoms with Gasteiger partial charge in [-0.1, -0.05) is 13.8 Å².